The van der Waals surface area contributed by atoms with Crippen LogP contribution in [0.3, 0.4) is 0 Å². The van der Waals surface area contributed by atoms with Gasteiger partial charge in [0.05, 0.1) is 0 Å². The van der Waals surface area contributed by atoms with Crippen LogP contribution in [-0.4, -0.2) is 25.0 Å². The summed E-state index contributed by atoms with van der Waals surface area (Å²) in [5, 5.41) is 12.3. The topological polar surface area (TPSA) is 35.6 Å². The molecule has 0 saturated heterocycles. The van der Waals surface area contributed by atoms with E-state index in [1.807, 2.05) is 0 Å². The molecule has 44 heavy (non-hydrogen) atoms. The molecule has 2 atom stereocenters. The van der Waals surface area contributed by atoms with E-state index in [-0.39, 0.29) is 24.8 Å². The van der Waals surface area contributed by atoms with E-state index in [2.05, 4.69) is 146 Å². The standard InChI is InChI=1S/2C17H13N2.C2H6Si.2ClH.Zr/c2*1-12-9-13-6-4-8-17(15(13)10-12)19-11-14-5-2-3-7-16(14)18-19;1-3-2;;;/h2*2-11H,1H3;1-2H3;2*1H;/q;;;;;+2/p-2. The first-order chi connectivity index (χ1) is 20.5. The Labute approximate surface area is 278 Å². The van der Waals surface area contributed by atoms with E-state index in [1.54, 1.807) is 11.1 Å². The number of fused-ring (bicyclic) bond motifs is 4. The van der Waals surface area contributed by atoms with E-state index in [0.29, 0.717) is 7.25 Å². The molecule has 0 fully saturated rings. The molecule has 0 aliphatic heterocycles. The number of hydrogen-bond donors (Lipinski definition) is 0. The molecule has 218 valence electrons. The average Bonchev–Trinajstić information content (AvgIpc) is 3.75. The Hall–Kier alpha value is -3.02. The maximum absolute atomic E-state index is 4.96. The molecule has 2 aromatic heterocycles. The fraction of sp³-hybridized carbons (Fsp3) is 0.167. The molecule has 0 radical (unpaired) electrons. The molecule has 2 heterocycles. The second-order valence-corrected chi connectivity index (χ2v) is 29.8. The van der Waals surface area contributed by atoms with Crippen LogP contribution in [0.1, 0.15) is 43.4 Å². The van der Waals surface area contributed by atoms with Gasteiger partial charge in [-0.05, 0) is 0 Å². The van der Waals surface area contributed by atoms with Crippen molar-refractivity contribution in [2.75, 3.05) is 0 Å². The fourth-order valence-electron chi connectivity index (χ4n) is 7.22. The van der Waals surface area contributed by atoms with Gasteiger partial charge in [0.2, 0.25) is 0 Å². The van der Waals surface area contributed by atoms with Crippen LogP contribution in [0.2, 0.25) is 13.1 Å². The second-order valence-electron chi connectivity index (χ2n) is 11.9. The van der Waals surface area contributed by atoms with Gasteiger partial charge in [-0.1, -0.05) is 0 Å². The van der Waals surface area contributed by atoms with E-state index in [9.17, 15) is 0 Å². The van der Waals surface area contributed by atoms with E-state index < -0.39 is 25.8 Å². The maximum Gasteiger partial charge on any atom is -1.00 e. The summed E-state index contributed by atoms with van der Waals surface area (Å²) in [4.78, 5) is 0. The van der Waals surface area contributed by atoms with Crippen molar-refractivity contribution in [1.29, 1.82) is 0 Å². The summed E-state index contributed by atoms with van der Waals surface area (Å²) in [5.74, 6) is 0. The van der Waals surface area contributed by atoms with Crippen molar-refractivity contribution in [2.24, 2.45) is 0 Å². The van der Waals surface area contributed by atoms with E-state index >= 15 is 0 Å². The SMILES string of the molecule is CC1=Cc2c(cccc2-n2cc3ccccc3n2)[C@@H]1[Zr+2]([C@H]1C(C)=Cc2c1cccc2-n1cc2ccccc2n1)=[Si](C)C.[Cl-].[Cl-]. The summed E-state index contributed by atoms with van der Waals surface area (Å²) in [6.45, 7) is 9.95. The average molecular weight is 711 g/mol. The molecule has 2 aliphatic rings. The minimum Gasteiger partial charge on any atom is -1.00 e. The predicted octanol–water partition coefficient (Wildman–Crippen LogP) is 2.86. The first-order valence-corrected chi connectivity index (χ1v) is 23.7. The molecule has 8 heteroatoms. The zero-order valence-corrected chi connectivity index (χ0v) is 30.1. The van der Waals surface area contributed by atoms with Crippen LogP contribution < -0.4 is 24.8 Å². The molecule has 2 aliphatic carbocycles. The Morgan fingerprint density at radius 3 is 1.43 bits per heavy atom. The Morgan fingerprint density at radius 1 is 0.591 bits per heavy atom. The van der Waals surface area contributed by atoms with E-state index in [4.69, 9.17) is 10.2 Å². The van der Waals surface area contributed by atoms with Crippen LogP contribution in [-0.2, 0) is 20.4 Å². The predicted molar refractivity (Wildman–Crippen MR) is 172 cm³/mol. The van der Waals surface area contributed by atoms with Crippen LogP contribution >= 0.6 is 0 Å². The van der Waals surface area contributed by atoms with Crippen LogP contribution in [0, 0.1) is 0 Å². The number of hydrogen-bond acceptors (Lipinski definition) is 2. The van der Waals surface area contributed by atoms with Crippen LogP contribution in [0.25, 0.3) is 45.3 Å². The third-order valence-corrected chi connectivity index (χ3v) is 28.9. The third-order valence-electron chi connectivity index (χ3n) is 9.03. The van der Waals surface area contributed by atoms with Crippen LogP contribution in [0.4, 0.5) is 0 Å². The van der Waals surface area contributed by atoms with Crippen LogP contribution in [0.15, 0.2) is 108 Å². The quantitative estimate of drug-likeness (QED) is 0.264. The number of halogens is 2. The van der Waals surface area contributed by atoms with Crippen molar-refractivity contribution >= 4 is 39.4 Å². The summed E-state index contributed by atoms with van der Waals surface area (Å²) in [7, 11) is 0. The summed E-state index contributed by atoms with van der Waals surface area (Å²) < 4.78 is 5.34. The molecule has 0 unspecified atom stereocenters. The zero-order valence-electron chi connectivity index (χ0n) is 25.1. The smallest absolute Gasteiger partial charge is 1.00 e. The van der Waals surface area contributed by atoms with Gasteiger partial charge < -0.3 is 24.8 Å². The Bertz CT molecular complexity index is 1960. The van der Waals surface area contributed by atoms with Crippen molar-refractivity contribution in [3.05, 3.63) is 131 Å². The number of nitrogens with zero attached hydrogens (tertiary/aromatic N) is 4. The summed E-state index contributed by atoms with van der Waals surface area (Å²) >= 11 is -2.17. The fourth-order valence-corrected chi connectivity index (χ4v) is 27.9. The molecule has 0 saturated carbocycles. The molecule has 6 aromatic rings. The molecule has 8 rings (SSSR count). The van der Waals surface area contributed by atoms with Crippen molar-refractivity contribution < 1.29 is 45.2 Å². The molecule has 0 N–H and O–H groups in total. The van der Waals surface area contributed by atoms with Gasteiger partial charge in [0.15, 0.2) is 0 Å². The summed E-state index contributed by atoms with van der Waals surface area (Å²) in [6, 6.07) is 30.6. The largest absolute Gasteiger partial charge is 1.00 e. The van der Waals surface area contributed by atoms with E-state index in [1.165, 1.54) is 44.4 Å². The Morgan fingerprint density at radius 2 is 1.02 bits per heavy atom. The first kappa shape index (κ1) is 31.0. The minimum atomic E-state index is -2.17. The summed E-state index contributed by atoms with van der Waals surface area (Å²) in [6.07, 6.45) is 9.31. The van der Waals surface area contributed by atoms with Gasteiger partial charge in [-0.25, -0.2) is 0 Å². The number of allylic oxidation sites excluding steroid dienone is 2. The van der Waals surface area contributed by atoms with Gasteiger partial charge in [0.1, 0.15) is 0 Å². The molecule has 4 nitrogen and oxygen atoms in total. The van der Waals surface area contributed by atoms with Crippen LogP contribution in [0.5, 0.6) is 0 Å². The zero-order chi connectivity index (χ0) is 28.5. The molecular weight excluding hydrogens is 679 g/mol. The molecule has 0 bridgehead atoms. The van der Waals surface area contributed by atoms with Gasteiger partial charge in [0, 0.05) is 0 Å². The van der Waals surface area contributed by atoms with Gasteiger partial charge >= 0.3 is 256 Å². The molecule has 0 spiro atoms. The summed E-state index contributed by atoms with van der Waals surface area (Å²) in [5.41, 5.74) is 12.8. The number of rotatable bonds is 4. The Kier molecular flexibility index (Phi) is 8.49. The van der Waals surface area contributed by atoms with Gasteiger partial charge in [-0.2, -0.15) is 0 Å². The van der Waals surface area contributed by atoms with Gasteiger partial charge in [0.25, 0.3) is 0 Å². The Balaban J connectivity index is 0.00000171. The monoisotopic (exact) mass is 708 g/mol. The number of benzene rings is 4. The van der Waals surface area contributed by atoms with Gasteiger partial charge in [-0.15, -0.1) is 0 Å². The molecule has 4 aromatic carbocycles. The van der Waals surface area contributed by atoms with Crippen molar-refractivity contribution in [3.63, 3.8) is 0 Å². The van der Waals surface area contributed by atoms with Crippen molar-refractivity contribution in [2.45, 2.75) is 34.2 Å². The van der Waals surface area contributed by atoms with Crippen molar-refractivity contribution in [1.82, 2.24) is 19.6 Å². The maximum atomic E-state index is 4.96. The molecular formula is C36H32Cl2N4SiZr. The normalized spacial score (nSPS) is 16.3. The molecule has 0 amide bonds. The minimum absolute atomic E-state index is 0. The third kappa shape index (κ3) is 4.91. The van der Waals surface area contributed by atoms with Crippen molar-refractivity contribution in [3.8, 4) is 11.4 Å². The second kappa shape index (κ2) is 12.1. The van der Waals surface area contributed by atoms with E-state index in [0.717, 1.165) is 11.0 Å². The number of aromatic nitrogens is 4. The first-order valence-electron chi connectivity index (χ1n) is 14.7. The van der Waals surface area contributed by atoms with Gasteiger partial charge in [-0.3, -0.25) is 0 Å².